The summed E-state index contributed by atoms with van der Waals surface area (Å²) in [6.07, 6.45) is 1.80. The molecule has 4 heteroatoms. The van der Waals surface area contributed by atoms with Gasteiger partial charge in [-0.05, 0) is 44.4 Å². The number of rotatable bonds is 2. The van der Waals surface area contributed by atoms with E-state index in [1.54, 1.807) is 0 Å². The predicted molar refractivity (Wildman–Crippen MR) is 67.0 cm³/mol. The van der Waals surface area contributed by atoms with Crippen LogP contribution in [0.4, 0.5) is 5.82 Å². The minimum atomic E-state index is -0.636. The third kappa shape index (κ3) is 2.96. The largest absolute Gasteiger partial charge is 0.392 e. The van der Waals surface area contributed by atoms with Crippen molar-refractivity contribution in [2.45, 2.75) is 38.9 Å². The van der Waals surface area contributed by atoms with Crippen molar-refractivity contribution in [2.75, 3.05) is 18.0 Å². The molecule has 1 saturated heterocycles. The van der Waals surface area contributed by atoms with Crippen LogP contribution < -0.4 is 4.90 Å². The SMILES string of the molecule is Cc1cc(CO)cc(N2CCCC(C)(O)C2)n1. The zero-order valence-corrected chi connectivity index (χ0v) is 10.5. The van der Waals surface area contributed by atoms with Gasteiger partial charge in [0.15, 0.2) is 0 Å². The van der Waals surface area contributed by atoms with E-state index < -0.39 is 5.60 Å². The lowest BCUT2D eigenvalue weighted by Crippen LogP contribution is -2.46. The van der Waals surface area contributed by atoms with Crippen LogP contribution >= 0.6 is 0 Å². The zero-order chi connectivity index (χ0) is 12.5. The Bertz CT molecular complexity index is 404. The Morgan fingerprint density at radius 1 is 1.47 bits per heavy atom. The molecule has 1 aromatic heterocycles. The summed E-state index contributed by atoms with van der Waals surface area (Å²) in [5, 5.41) is 19.3. The van der Waals surface area contributed by atoms with Crippen molar-refractivity contribution in [3.8, 4) is 0 Å². The van der Waals surface area contributed by atoms with E-state index in [0.717, 1.165) is 36.5 Å². The first-order valence-corrected chi connectivity index (χ1v) is 6.06. The molecular weight excluding hydrogens is 216 g/mol. The molecule has 1 aliphatic rings. The van der Waals surface area contributed by atoms with Crippen molar-refractivity contribution in [2.24, 2.45) is 0 Å². The fraction of sp³-hybridized carbons (Fsp3) is 0.615. The maximum Gasteiger partial charge on any atom is 0.129 e. The molecule has 1 fully saturated rings. The molecule has 17 heavy (non-hydrogen) atoms. The normalized spacial score (nSPS) is 25.1. The van der Waals surface area contributed by atoms with E-state index in [4.69, 9.17) is 0 Å². The van der Waals surface area contributed by atoms with Gasteiger partial charge in [-0.15, -0.1) is 0 Å². The smallest absolute Gasteiger partial charge is 0.129 e. The number of β-amino-alcohol motifs (C(OH)–C–C–N with tert-alkyl or cyclic N) is 1. The number of nitrogens with zero attached hydrogens (tertiary/aromatic N) is 2. The molecule has 0 aliphatic carbocycles. The Balaban J connectivity index is 2.24. The van der Waals surface area contributed by atoms with Crippen LogP contribution in [0, 0.1) is 6.92 Å². The average molecular weight is 236 g/mol. The first kappa shape index (κ1) is 12.3. The van der Waals surface area contributed by atoms with E-state index in [0.29, 0.717) is 6.54 Å². The van der Waals surface area contributed by atoms with Gasteiger partial charge in [0.2, 0.25) is 0 Å². The van der Waals surface area contributed by atoms with Gasteiger partial charge in [-0.25, -0.2) is 4.98 Å². The molecule has 0 amide bonds. The van der Waals surface area contributed by atoms with Crippen LogP contribution in [0.15, 0.2) is 12.1 Å². The maximum atomic E-state index is 10.1. The van der Waals surface area contributed by atoms with Crippen molar-refractivity contribution in [1.82, 2.24) is 4.98 Å². The van der Waals surface area contributed by atoms with Crippen molar-refractivity contribution < 1.29 is 10.2 Å². The van der Waals surface area contributed by atoms with E-state index in [1.165, 1.54) is 0 Å². The highest BCUT2D eigenvalue weighted by Crippen LogP contribution is 2.25. The van der Waals surface area contributed by atoms with E-state index in [1.807, 2.05) is 26.0 Å². The zero-order valence-electron chi connectivity index (χ0n) is 10.5. The molecule has 2 heterocycles. The van der Waals surface area contributed by atoms with Gasteiger partial charge in [0.25, 0.3) is 0 Å². The van der Waals surface area contributed by atoms with Crippen LogP contribution in [0.1, 0.15) is 31.0 Å². The molecule has 0 aromatic carbocycles. The second-order valence-electron chi connectivity index (χ2n) is 5.16. The highest BCUT2D eigenvalue weighted by molar-refractivity contribution is 5.43. The molecule has 1 unspecified atom stereocenters. The summed E-state index contributed by atoms with van der Waals surface area (Å²) in [6, 6.07) is 3.78. The lowest BCUT2D eigenvalue weighted by atomic mass is 9.95. The highest BCUT2D eigenvalue weighted by Gasteiger charge is 2.29. The molecule has 1 atom stereocenters. The van der Waals surface area contributed by atoms with E-state index in [2.05, 4.69) is 9.88 Å². The second-order valence-corrected chi connectivity index (χ2v) is 5.16. The number of piperidine rings is 1. The number of aliphatic hydroxyl groups is 2. The second kappa shape index (κ2) is 4.63. The van der Waals surface area contributed by atoms with Gasteiger partial charge in [-0.3, -0.25) is 0 Å². The lowest BCUT2D eigenvalue weighted by molar-refractivity contribution is 0.0447. The van der Waals surface area contributed by atoms with Crippen LogP contribution in [0.2, 0.25) is 0 Å². The van der Waals surface area contributed by atoms with Crippen molar-refractivity contribution >= 4 is 5.82 Å². The first-order valence-electron chi connectivity index (χ1n) is 6.06. The molecule has 1 aliphatic heterocycles. The fourth-order valence-electron chi connectivity index (χ4n) is 2.39. The molecule has 0 spiro atoms. The third-order valence-corrected chi connectivity index (χ3v) is 3.18. The Labute approximate surface area is 102 Å². The summed E-state index contributed by atoms with van der Waals surface area (Å²) in [7, 11) is 0. The fourth-order valence-corrected chi connectivity index (χ4v) is 2.39. The Hall–Kier alpha value is -1.13. The highest BCUT2D eigenvalue weighted by atomic mass is 16.3. The predicted octanol–water partition coefficient (Wildman–Crippen LogP) is 1.23. The molecule has 2 N–H and O–H groups in total. The van der Waals surface area contributed by atoms with Gasteiger partial charge in [-0.2, -0.15) is 0 Å². The van der Waals surface area contributed by atoms with Crippen LogP contribution in [-0.4, -0.2) is 33.9 Å². The summed E-state index contributed by atoms with van der Waals surface area (Å²) in [6.45, 7) is 5.33. The minimum Gasteiger partial charge on any atom is -0.392 e. The molecule has 94 valence electrons. The lowest BCUT2D eigenvalue weighted by Gasteiger charge is -2.37. The summed E-state index contributed by atoms with van der Waals surface area (Å²) >= 11 is 0. The van der Waals surface area contributed by atoms with Gasteiger partial charge in [0, 0.05) is 18.8 Å². The summed E-state index contributed by atoms with van der Waals surface area (Å²) in [4.78, 5) is 6.57. The van der Waals surface area contributed by atoms with E-state index in [9.17, 15) is 10.2 Å². The van der Waals surface area contributed by atoms with Gasteiger partial charge >= 0.3 is 0 Å². The van der Waals surface area contributed by atoms with Crippen LogP contribution in [0.25, 0.3) is 0 Å². The standard InChI is InChI=1S/C13H20N2O2/c1-10-6-11(8-16)7-12(14-10)15-5-3-4-13(2,17)9-15/h6-7,16-17H,3-5,8-9H2,1-2H3. The number of hydrogen-bond donors (Lipinski definition) is 2. The summed E-state index contributed by atoms with van der Waals surface area (Å²) in [5.74, 6) is 0.856. The quantitative estimate of drug-likeness (QED) is 0.811. The molecule has 4 nitrogen and oxygen atoms in total. The number of aliphatic hydroxyl groups excluding tert-OH is 1. The number of pyridine rings is 1. The molecule has 1 aromatic rings. The minimum absolute atomic E-state index is 0.0284. The number of aromatic nitrogens is 1. The number of hydrogen-bond acceptors (Lipinski definition) is 4. The summed E-state index contributed by atoms with van der Waals surface area (Å²) < 4.78 is 0. The van der Waals surface area contributed by atoms with Gasteiger partial charge in [0.05, 0.1) is 12.2 Å². The van der Waals surface area contributed by atoms with Crippen molar-refractivity contribution in [3.05, 3.63) is 23.4 Å². The first-order chi connectivity index (χ1) is 8.00. The molecule has 0 saturated carbocycles. The average Bonchev–Trinajstić information content (AvgIpc) is 2.27. The van der Waals surface area contributed by atoms with E-state index in [-0.39, 0.29) is 6.61 Å². The molecule has 0 radical (unpaired) electrons. The van der Waals surface area contributed by atoms with Gasteiger partial charge in [0.1, 0.15) is 5.82 Å². The topological polar surface area (TPSA) is 56.6 Å². The van der Waals surface area contributed by atoms with Crippen molar-refractivity contribution in [1.29, 1.82) is 0 Å². The van der Waals surface area contributed by atoms with Gasteiger partial charge in [-0.1, -0.05) is 0 Å². The maximum absolute atomic E-state index is 10.1. The van der Waals surface area contributed by atoms with Crippen LogP contribution in [0.3, 0.4) is 0 Å². The van der Waals surface area contributed by atoms with E-state index >= 15 is 0 Å². The Morgan fingerprint density at radius 3 is 2.88 bits per heavy atom. The Morgan fingerprint density at radius 2 is 2.24 bits per heavy atom. The summed E-state index contributed by atoms with van der Waals surface area (Å²) in [5.41, 5.74) is 1.14. The third-order valence-electron chi connectivity index (χ3n) is 3.18. The monoisotopic (exact) mass is 236 g/mol. The molecule has 2 rings (SSSR count). The Kier molecular flexibility index (Phi) is 3.35. The molecule has 0 bridgehead atoms. The van der Waals surface area contributed by atoms with Crippen molar-refractivity contribution in [3.63, 3.8) is 0 Å². The van der Waals surface area contributed by atoms with Crippen LogP contribution in [0.5, 0.6) is 0 Å². The molecular formula is C13H20N2O2. The number of anilines is 1. The van der Waals surface area contributed by atoms with Crippen LogP contribution in [-0.2, 0) is 6.61 Å². The van der Waals surface area contributed by atoms with Gasteiger partial charge < -0.3 is 15.1 Å². The number of aryl methyl sites for hydroxylation is 1.